The Morgan fingerprint density at radius 1 is 1.72 bits per heavy atom. The first-order valence-electron chi connectivity index (χ1n) is 5.65. The third-order valence-corrected chi connectivity index (χ3v) is 3.57. The van der Waals surface area contributed by atoms with Gasteiger partial charge in [-0.25, -0.2) is 4.68 Å². The van der Waals surface area contributed by atoms with Crippen molar-refractivity contribution in [3.05, 3.63) is 11.8 Å². The minimum Gasteiger partial charge on any atom is -0.481 e. The lowest BCUT2D eigenvalue weighted by atomic mass is 10.1. The molecule has 7 heteroatoms. The highest BCUT2D eigenvalue weighted by molar-refractivity contribution is 7.80. The molecule has 0 aromatic carbocycles. The van der Waals surface area contributed by atoms with Crippen molar-refractivity contribution in [2.24, 2.45) is 18.2 Å². The highest BCUT2D eigenvalue weighted by Crippen LogP contribution is 2.46. The Kier molecular flexibility index (Phi) is 3.25. The van der Waals surface area contributed by atoms with Crippen molar-refractivity contribution >= 4 is 23.1 Å². The number of carbonyl (C=O) groups excluding carboxylic acids is 1. The van der Waals surface area contributed by atoms with Crippen LogP contribution in [0.2, 0.25) is 0 Å². The zero-order chi connectivity index (χ0) is 13.3. The monoisotopic (exact) mass is 268 g/mol. The van der Waals surface area contributed by atoms with Gasteiger partial charge in [0, 0.05) is 13.1 Å². The zero-order valence-corrected chi connectivity index (χ0v) is 11.2. The second kappa shape index (κ2) is 4.56. The number of thiocarbonyl (C=S) groups is 1. The van der Waals surface area contributed by atoms with E-state index in [1.165, 1.54) is 0 Å². The third-order valence-electron chi connectivity index (χ3n) is 3.18. The lowest BCUT2D eigenvalue weighted by Gasteiger charge is -2.12. The van der Waals surface area contributed by atoms with Crippen LogP contribution in [0.25, 0.3) is 0 Å². The fraction of sp³-hybridized carbons (Fsp3) is 0.545. The van der Waals surface area contributed by atoms with Crippen molar-refractivity contribution in [3.8, 4) is 5.88 Å². The van der Waals surface area contributed by atoms with Gasteiger partial charge in [0.05, 0.1) is 29.8 Å². The number of aryl methyl sites for hydroxylation is 1. The summed E-state index contributed by atoms with van der Waals surface area (Å²) < 4.78 is 6.71. The largest absolute Gasteiger partial charge is 0.481 e. The molecule has 0 radical (unpaired) electrons. The molecule has 1 heterocycles. The van der Waals surface area contributed by atoms with Gasteiger partial charge < -0.3 is 15.8 Å². The van der Waals surface area contributed by atoms with Crippen LogP contribution >= 0.6 is 12.2 Å². The number of methoxy groups -OCH3 is 1. The fourth-order valence-corrected chi connectivity index (χ4v) is 2.13. The van der Waals surface area contributed by atoms with E-state index in [9.17, 15) is 4.79 Å². The molecule has 0 bridgehead atoms. The first-order valence-corrected chi connectivity index (χ1v) is 6.05. The number of aromatic nitrogens is 2. The van der Waals surface area contributed by atoms with Gasteiger partial charge in [0.1, 0.15) is 0 Å². The Morgan fingerprint density at radius 3 is 2.83 bits per heavy atom. The third kappa shape index (κ3) is 2.17. The number of rotatable bonds is 5. The SMILES string of the molecule is COc1cc(CNC(=O)C2(C(N)=S)CC2)nn1C. The van der Waals surface area contributed by atoms with Gasteiger partial charge in [-0.2, -0.15) is 5.10 Å². The van der Waals surface area contributed by atoms with Gasteiger partial charge in [-0.3, -0.25) is 4.79 Å². The Labute approximate surface area is 110 Å². The lowest BCUT2D eigenvalue weighted by molar-refractivity contribution is -0.124. The summed E-state index contributed by atoms with van der Waals surface area (Å²) >= 11 is 4.92. The summed E-state index contributed by atoms with van der Waals surface area (Å²) in [4.78, 5) is 12.2. The number of hydrogen-bond donors (Lipinski definition) is 2. The number of ether oxygens (including phenoxy) is 1. The first kappa shape index (κ1) is 12.8. The lowest BCUT2D eigenvalue weighted by Crippen LogP contribution is -2.39. The summed E-state index contributed by atoms with van der Waals surface area (Å²) in [6, 6.07) is 1.78. The zero-order valence-electron chi connectivity index (χ0n) is 10.4. The maximum absolute atomic E-state index is 12.0. The van der Waals surface area contributed by atoms with E-state index in [0.717, 1.165) is 18.5 Å². The van der Waals surface area contributed by atoms with Crippen LogP contribution in [0.4, 0.5) is 0 Å². The van der Waals surface area contributed by atoms with Gasteiger partial charge in [0.25, 0.3) is 0 Å². The summed E-state index contributed by atoms with van der Waals surface area (Å²) in [7, 11) is 3.35. The molecule has 0 aliphatic heterocycles. The van der Waals surface area contributed by atoms with Gasteiger partial charge >= 0.3 is 0 Å². The van der Waals surface area contributed by atoms with Crippen LogP contribution in [-0.4, -0.2) is 27.8 Å². The Hall–Kier alpha value is -1.63. The molecule has 0 unspecified atom stereocenters. The number of hydrogen-bond acceptors (Lipinski definition) is 4. The molecule has 2 rings (SSSR count). The fourth-order valence-electron chi connectivity index (χ4n) is 1.83. The Morgan fingerprint density at radius 2 is 2.39 bits per heavy atom. The van der Waals surface area contributed by atoms with E-state index >= 15 is 0 Å². The van der Waals surface area contributed by atoms with Crippen molar-refractivity contribution in [1.82, 2.24) is 15.1 Å². The predicted molar refractivity (Wildman–Crippen MR) is 70.1 cm³/mol. The van der Waals surface area contributed by atoms with Gasteiger partial charge in [0.2, 0.25) is 11.8 Å². The van der Waals surface area contributed by atoms with Crippen LogP contribution in [0.3, 0.4) is 0 Å². The summed E-state index contributed by atoms with van der Waals surface area (Å²) in [6.07, 6.45) is 1.47. The number of carbonyl (C=O) groups is 1. The molecule has 1 fully saturated rings. The number of nitrogens with zero attached hydrogens (tertiary/aromatic N) is 2. The van der Waals surface area contributed by atoms with E-state index in [1.807, 2.05) is 0 Å². The number of nitrogens with two attached hydrogens (primary N) is 1. The normalized spacial score (nSPS) is 16.1. The molecule has 1 aliphatic carbocycles. The summed E-state index contributed by atoms with van der Waals surface area (Å²) in [6.45, 7) is 0.348. The van der Waals surface area contributed by atoms with E-state index in [-0.39, 0.29) is 10.9 Å². The predicted octanol–water partition coefficient (Wildman–Crippen LogP) is 0.111. The number of nitrogens with one attached hydrogen (secondary N) is 1. The molecule has 6 nitrogen and oxygen atoms in total. The smallest absolute Gasteiger partial charge is 0.233 e. The molecule has 0 atom stereocenters. The van der Waals surface area contributed by atoms with Crippen LogP contribution in [0.1, 0.15) is 18.5 Å². The van der Waals surface area contributed by atoms with Crippen molar-refractivity contribution in [1.29, 1.82) is 0 Å². The molecule has 1 saturated carbocycles. The maximum Gasteiger partial charge on any atom is 0.233 e. The molecule has 1 aromatic rings. The topological polar surface area (TPSA) is 82.2 Å². The van der Waals surface area contributed by atoms with Crippen LogP contribution in [0.15, 0.2) is 6.07 Å². The molecule has 98 valence electrons. The van der Waals surface area contributed by atoms with E-state index in [2.05, 4.69) is 10.4 Å². The average Bonchev–Trinajstić information content (AvgIpc) is 3.06. The van der Waals surface area contributed by atoms with Gasteiger partial charge in [-0.15, -0.1) is 0 Å². The van der Waals surface area contributed by atoms with Gasteiger partial charge in [-0.1, -0.05) is 12.2 Å². The molecular formula is C11H16N4O2S. The van der Waals surface area contributed by atoms with Gasteiger partial charge in [-0.05, 0) is 12.8 Å². The van der Waals surface area contributed by atoms with Crippen molar-refractivity contribution in [2.45, 2.75) is 19.4 Å². The van der Waals surface area contributed by atoms with E-state index in [0.29, 0.717) is 12.4 Å². The Bertz CT molecular complexity index is 493. The maximum atomic E-state index is 12.0. The van der Waals surface area contributed by atoms with Crippen LogP contribution in [0, 0.1) is 5.41 Å². The summed E-state index contributed by atoms with van der Waals surface area (Å²) in [5.74, 6) is 0.536. The molecule has 1 amide bonds. The van der Waals surface area contributed by atoms with E-state index < -0.39 is 5.41 Å². The highest BCUT2D eigenvalue weighted by Gasteiger charge is 2.52. The van der Waals surface area contributed by atoms with E-state index in [4.69, 9.17) is 22.7 Å². The van der Waals surface area contributed by atoms with Crippen LogP contribution < -0.4 is 15.8 Å². The standard InChI is InChI=1S/C11H16N4O2S/c1-15-8(17-2)5-7(14-15)6-13-10(16)11(3-4-11)9(12)18/h5H,3-4,6H2,1-2H3,(H2,12,18)(H,13,16). The minimum atomic E-state index is -0.617. The van der Waals surface area contributed by atoms with Crippen molar-refractivity contribution < 1.29 is 9.53 Å². The molecule has 1 aliphatic rings. The molecule has 3 N–H and O–H groups in total. The second-order valence-electron chi connectivity index (χ2n) is 4.43. The first-order chi connectivity index (χ1) is 8.49. The average molecular weight is 268 g/mol. The summed E-state index contributed by atoms with van der Waals surface area (Å²) in [5, 5.41) is 7.02. The van der Waals surface area contributed by atoms with E-state index in [1.54, 1.807) is 24.9 Å². The minimum absolute atomic E-state index is 0.111. The van der Waals surface area contributed by atoms with Crippen molar-refractivity contribution in [3.63, 3.8) is 0 Å². The molecule has 1 aromatic heterocycles. The molecular weight excluding hydrogens is 252 g/mol. The Balaban J connectivity index is 1.95. The molecule has 0 spiro atoms. The quantitative estimate of drug-likeness (QED) is 0.741. The summed E-state index contributed by atoms with van der Waals surface area (Å²) in [5.41, 5.74) is 5.70. The molecule has 18 heavy (non-hydrogen) atoms. The highest BCUT2D eigenvalue weighted by atomic mass is 32.1. The van der Waals surface area contributed by atoms with Crippen molar-refractivity contribution in [2.75, 3.05) is 7.11 Å². The molecule has 0 saturated heterocycles. The van der Waals surface area contributed by atoms with Crippen LogP contribution in [0.5, 0.6) is 5.88 Å². The second-order valence-corrected chi connectivity index (χ2v) is 4.87. The van der Waals surface area contributed by atoms with Crippen LogP contribution in [-0.2, 0) is 18.4 Å². The van der Waals surface area contributed by atoms with Gasteiger partial charge in [0.15, 0.2) is 0 Å². The number of amides is 1.